The quantitative estimate of drug-likeness (QED) is 0.893. The predicted octanol–water partition coefficient (Wildman–Crippen LogP) is 2.12. The Morgan fingerprint density at radius 2 is 2.37 bits per heavy atom. The van der Waals surface area contributed by atoms with Crippen LogP contribution >= 0.6 is 11.6 Å². The maximum absolute atomic E-state index is 12.2. The van der Waals surface area contributed by atoms with Gasteiger partial charge in [-0.3, -0.25) is 4.79 Å². The SMILES string of the molecule is CN(CC1CCCNC1)C(=O)c1ccc(O)c(Cl)c1. The molecule has 19 heavy (non-hydrogen) atoms. The molecule has 0 bridgehead atoms. The number of halogens is 1. The lowest BCUT2D eigenvalue weighted by atomic mass is 9.99. The van der Waals surface area contributed by atoms with Crippen molar-refractivity contribution in [2.75, 3.05) is 26.7 Å². The molecule has 1 fully saturated rings. The number of hydrogen-bond acceptors (Lipinski definition) is 3. The number of rotatable bonds is 3. The lowest BCUT2D eigenvalue weighted by Gasteiger charge is -2.27. The fraction of sp³-hybridized carbons (Fsp3) is 0.500. The number of nitrogens with one attached hydrogen (secondary N) is 1. The average Bonchev–Trinajstić information content (AvgIpc) is 2.42. The molecule has 104 valence electrons. The smallest absolute Gasteiger partial charge is 0.253 e. The molecule has 1 aliphatic heterocycles. The predicted molar refractivity (Wildman–Crippen MR) is 75.7 cm³/mol. The van der Waals surface area contributed by atoms with E-state index in [0.717, 1.165) is 32.5 Å². The molecule has 1 unspecified atom stereocenters. The van der Waals surface area contributed by atoms with Crippen LogP contribution in [0.3, 0.4) is 0 Å². The first-order chi connectivity index (χ1) is 9.08. The Kier molecular flexibility index (Phi) is 4.66. The summed E-state index contributed by atoms with van der Waals surface area (Å²) in [6.45, 7) is 2.78. The topological polar surface area (TPSA) is 52.6 Å². The summed E-state index contributed by atoms with van der Waals surface area (Å²) in [5.41, 5.74) is 0.508. The summed E-state index contributed by atoms with van der Waals surface area (Å²) in [7, 11) is 1.80. The molecule has 1 aromatic rings. The first-order valence-corrected chi connectivity index (χ1v) is 6.90. The largest absolute Gasteiger partial charge is 0.506 e. The number of aromatic hydroxyl groups is 1. The highest BCUT2D eigenvalue weighted by Crippen LogP contribution is 2.24. The first kappa shape index (κ1) is 14.2. The molecule has 1 amide bonds. The fourth-order valence-corrected chi connectivity index (χ4v) is 2.59. The van der Waals surface area contributed by atoms with Crippen LogP contribution in [0.15, 0.2) is 18.2 Å². The van der Waals surface area contributed by atoms with Crippen LogP contribution in [0.1, 0.15) is 23.2 Å². The zero-order chi connectivity index (χ0) is 13.8. The average molecular weight is 283 g/mol. The molecule has 0 spiro atoms. The molecule has 0 radical (unpaired) electrons. The standard InChI is InChI=1S/C14H19ClN2O2/c1-17(9-10-3-2-6-16-8-10)14(19)11-4-5-13(18)12(15)7-11/h4-5,7,10,16,18H,2-3,6,8-9H2,1H3. The van der Waals surface area contributed by atoms with Crippen LogP contribution in [0.5, 0.6) is 5.75 Å². The summed E-state index contributed by atoms with van der Waals surface area (Å²) in [6.07, 6.45) is 2.32. The van der Waals surface area contributed by atoms with Crippen molar-refractivity contribution in [3.05, 3.63) is 28.8 Å². The van der Waals surface area contributed by atoms with Crippen LogP contribution in [0.4, 0.5) is 0 Å². The Balaban J connectivity index is 1.99. The van der Waals surface area contributed by atoms with E-state index in [2.05, 4.69) is 5.32 Å². The molecule has 1 heterocycles. The lowest BCUT2D eigenvalue weighted by Crippen LogP contribution is -2.39. The van der Waals surface area contributed by atoms with Gasteiger partial charge in [-0.05, 0) is 50.0 Å². The Morgan fingerprint density at radius 1 is 1.58 bits per heavy atom. The monoisotopic (exact) mass is 282 g/mol. The van der Waals surface area contributed by atoms with E-state index in [-0.39, 0.29) is 16.7 Å². The molecule has 0 saturated carbocycles. The van der Waals surface area contributed by atoms with Crippen molar-refractivity contribution < 1.29 is 9.90 Å². The van der Waals surface area contributed by atoms with E-state index in [1.54, 1.807) is 18.0 Å². The number of phenolic OH excluding ortho intramolecular Hbond substituents is 1. The number of piperidine rings is 1. The third kappa shape index (κ3) is 3.61. The molecule has 1 aromatic carbocycles. The van der Waals surface area contributed by atoms with Crippen LogP contribution in [-0.2, 0) is 0 Å². The minimum absolute atomic E-state index is 0.00245. The Labute approximate surface area is 118 Å². The van der Waals surface area contributed by atoms with Crippen molar-refractivity contribution in [3.8, 4) is 5.75 Å². The van der Waals surface area contributed by atoms with E-state index < -0.39 is 0 Å². The van der Waals surface area contributed by atoms with Crippen molar-refractivity contribution in [2.45, 2.75) is 12.8 Å². The molecule has 2 rings (SSSR count). The minimum atomic E-state index is -0.0625. The normalized spacial score (nSPS) is 19.2. The third-order valence-corrected chi connectivity index (χ3v) is 3.78. The Hall–Kier alpha value is -1.26. The summed E-state index contributed by atoms with van der Waals surface area (Å²) in [5, 5.41) is 12.9. The zero-order valence-corrected chi connectivity index (χ0v) is 11.8. The second kappa shape index (κ2) is 6.26. The maximum atomic E-state index is 12.2. The van der Waals surface area contributed by atoms with Gasteiger partial charge in [0.1, 0.15) is 5.75 Å². The zero-order valence-electron chi connectivity index (χ0n) is 11.0. The molecule has 4 nitrogen and oxygen atoms in total. The van der Waals surface area contributed by atoms with Gasteiger partial charge in [-0.2, -0.15) is 0 Å². The number of amides is 1. The molecular weight excluding hydrogens is 264 g/mol. The van der Waals surface area contributed by atoms with Gasteiger partial charge in [-0.15, -0.1) is 0 Å². The minimum Gasteiger partial charge on any atom is -0.506 e. The van der Waals surface area contributed by atoms with Gasteiger partial charge in [0.25, 0.3) is 5.91 Å². The number of carbonyl (C=O) groups is 1. The third-order valence-electron chi connectivity index (χ3n) is 3.47. The van der Waals surface area contributed by atoms with E-state index in [1.807, 2.05) is 0 Å². The molecule has 1 saturated heterocycles. The van der Waals surface area contributed by atoms with Crippen LogP contribution in [0.2, 0.25) is 5.02 Å². The van der Waals surface area contributed by atoms with Crippen molar-refractivity contribution in [2.24, 2.45) is 5.92 Å². The molecule has 0 aliphatic carbocycles. The number of benzene rings is 1. The van der Waals surface area contributed by atoms with Crippen molar-refractivity contribution in [1.82, 2.24) is 10.2 Å². The van der Waals surface area contributed by atoms with E-state index in [1.165, 1.54) is 12.1 Å². The van der Waals surface area contributed by atoms with Crippen LogP contribution in [0, 0.1) is 5.92 Å². The number of nitrogens with zero attached hydrogens (tertiary/aromatic N) is 1. The van der Waals surface area contributed by atoms with Gasteiger partial charge in [0.05, 0.1) is 5.02 Å². The summed E-state index contributed by atoms with van der Waals surface area (Å²) < 4.78 is 0. The van der Waals surface area contributed by atoms with Crippen molar-refractivity contribution >= 4 is 17.5 Å². The van der Waals surface area contributed by atoms with Crippen molar-refractivity contribution in [3.63, 3.8) is 0 Å². The van der Waals surface area contributed by atoms with Gasteiger partial charge < -0.3 is 15.3 Å². The Bertz CT molecular complexity index is 459. The van der Waals surface area contributed by atoms with Crippen LogP contribution < -0.4 is 5.32 Å². The summed E-state index contributed by atoms with van der Waals surface area (Å²) in [4.78, 5) is 14.0. The molecule has 0 aromatic heterocycles. The van der Waals surface area contributed by atoms with Gasteiger partial charge in [0, 0.05) is 19.2 Å². The molecule has 1 atom stereocenters. The molecule has 5 heteroatoms. The summed E-state index contributed by atoms with van der Waals surface area (Å²) in [6, 6.07) is 4.56. The van der Waals surface area contributed by atoms with E-state index in [4.69, 9.17) is 11.6 Å². The lowest BCUT2D eigenvalue weighted by molar-refractivity contribution is 0.0764. The highest BCUT2D eigenvalue weighted by molar-refractivity contribution is 6.32. The maximum Gasteiger partial charge on any atom is 0.253 e. The summed E-state index contributed by atoms with van der Waals surface area (Å²) >= 11 is 5.82. The van der Waals surface area contributed by atoms with Gasteiger partial charge in [-0.25, -0.2) is 0 Å². The first-order valence-electron chi connectivity index (χ1n) is 6.52. The fourth-order valence-electron chi connectivity index (χ4n) is 2.41. The van der Waals surface area contributed by atoms with Crippen LogP contribution in [-0.4, -0.2) is 42.6 Å². The number of hydrogen-bond donors (Lipinski definition) is 2. The van der Waals surface area contributed by atoms with Gasteiger partial charge in [-0.1, -0.05) is 11.6 Å². The van der Waals surface area contributed by atoms with Gasteiger partial charge in [0.15, 0.2) is 0 Å². The number of carbonyl (C=O) groups excluding carboxylic acids is 1. The van der Waals surface area contributed by atoms with E-state index >= 15 is 0 Å². The molecule has 2 N–H and O–H groups in total. The number of phenols is 1. The van der Waals surface area contributed by atoms with Gasteiger partial charge in [0.2, 0.25) is 0 Å². The second-order valence-corrected chi connectivity index (χ2v) is 5.47. The Morgan fingerprint density at radius 3 is 3.00 bits per heavy atom. The van der Waals surface area contributed by atoms with E-state index in [9.17, 15) is 9.90 Å². The highest BCUT2D eigenvalue weighted by atomic mass is 35.5. The molecule has 1 aliphatic rings. The van der Waals surface area contributed by atoms with Gasteiger partial charge >= 0.3 is 0 Å². The molecular formula is C14H19ClN2O2. The van der Waals surface area contributed by atoms with Crippen molar-refractivity contribution in [1.29, 1.82) is 0 Å². The highest BCUT2D eigenvalue weighted by Gasteiger charge is 2.19. The summed E-state index contributed by atoms with van der Waals surface area (Å²) in [5.74, 6) is 0.445. The van der Waals surface area contributed by atoms with E-state index in [0.29, 0.717) is 11.5 Å². The van der Waals surface area contributed by atoms with Crippen LogP contribution in [0.25, 0.3) is 0 Å². The second-order valence-electron chi connectivity index (χ2n) is 5.06.